The van der Waals surface area contributed by atoms with Gasteiger partial charge in [0.25, 0.3) is 0 Å². The van der Waals surface area contributed by atoms with Crippen molar-refractivity contribution in [2.45, 2.75) is 32.9 Å². The first-order valence-electron chi connectivity index (χ1n) is 7.53. The molecule has 5 nitrogen and oxygen atoms in total. The monoisotopic (exact) mass is 371 g/mol. The van der Waals surface area contributed by atoms with E-state index in [9.17, 15) is 13.6 Å². The molecule has 1 aromatic carbocycles. The zero-order valence-electron chi connectivity index (χ0n) is 12.9. The molecule has 1 aromatic heterocycles. The third kappa shape index (κ3) is 3.18. The van der Waals surface area contributed by atoms with Crippen LogP contribution in [0.25, 0.3) is 0 Å². The van der Waals surface area contributed by atoms with Crippen LogP contribution >= 0.6 is 23.6 Å². The van der Waals surface area contributed by atoms with E-state index < -0.39 is 17.6 Å². The van der Waals surface area contributed by atoms with Crippen LogP contribution in [0.2, 0.25) is 0 Å². The average Bonchev–Trinajstić information content (AvgIpc) is 2.87. The molecule has 0 N–H and O–H groups in total. The average molecular weight is 371 g/mol. The lowest BCUT2D eigenvalue weighted by atomic mass is 10.2. The first-order valence-corrected chi connectivity index (χ1v) is 8.75. The summed E-state index contributed by atoms with van der Waals surface area (Å²) in [6, 6.07) is 1.73. The summed E-state index contributed by atoms with van der Waals surface area (Å²) in [6.07, 6.45) is 2.01. The highest BCUT2D eigenvalue weighted by atomic mass is 32.1. The molecule has 0 saturated carbocycles. The molecule has 0 spiro atoms. The number of nitrogens with zero attached hydrogens (tertiary/aromatic N) is 3. The molecule has 1 aliphatic rings. The summed E-state index contributed by atoms with van der Waals surface area (Å²) in [6.45, 7) is 3.25. The maximum absolute atomic E-state index is 14.1. The van der Waals surface area contributed by atoms with Gasteiger partial charge in [0.05, 0.1) is 12.2 Å². The lowest BCUT2D eigenvalue weighted by molar-refractivity contribution is 0.0521. The summed E-state index contributed by atoms with van der Waals surface area (Å²) in [5, 5.41) is 0. The molecule has 24 heavy (non-hydrogen) atoms. The standard InChI is InChI=1S/C15H15F2N3O2S2/c1-2-22-13(21)9-7-12(11(17)8-10(9)16)18-14-19-5-3-4-6-20(19)15(23)24-14/h7-8H,2-6H2,1H3. The molecule has 2 heterocycles. The normalized spacial score (nSPS) is 14.5. The minimum atomic E-state index is -0.968. The van der Waals surface area contributed by atoms with Crippen LogP contribution in [0, 0.1) is 15.6 Å². The molecule has 0 unspecified atom stereocenters. The lowest BCUT2D eigenvalue weighted by Gasteiger charge is -2.16. The Bertz CT molecular complexity index is 914. The number of benzene rings is 1. The van der Waals surface area contributed by atoms with Crippen LogP contribution < -0.4 is 4.80 Å². The number of halogens is 2. The molecule has 0 fully saturated rings. The van der Waals surface area contributed by atoms with Crippen molar-refractivity contribution in [1.29, 1.82) is 0 Å². The van der Waals surface area contributed by atoms with Gasteiger partial charge in [-0.15, -0.1) is 0 Å². The number of ether oxygens (including phenoxy) is 1. The molecular weight excluding hydrogens is 356 g/mol. The van der Waals surface area contributed by atoms with Gasteiger partial charge in [-0.2, -0.15) is 0 Å². The summed E-state index contributed by atoms with van der Waals surface area (Å²) in [7, 11) is 0. The van der Waals surface area contributed by atoms with E-state index in [1.807, 2.05) is 9.36 Å². The smallest absolute Gasteiger partial charge is 0.341 e. The highest BCUT2D eigenvalue weighted by molar-refractivity contribution is 7.73. The van der Waals surface area contributed by atoms with Gasteiger partial charge in [-0.05, 0) is 38.0 Å². The largest absolute Gasteiger partial charge is 0.462 e. The van der Waals surface area contributed by atoms with Gasteiger partial charge in [-0.1, -0.05) is 11.3 Å². The van der Waals surface area contributed by atoms with E-state index in [-0.39, 0.29) is 17.9 Å². The molecule has 0 saturated heterocycles. The summed E-state index contributed by atoms with van der Waals surface area (Å²) in [5.74, 6) is -2.65. The second kappa shape index (κ2) is 6.94. The Labute approximate surface area is 145 Å². The number of hydrogen-bond donors (Lipinski definition) is 0. The van der Waals surface area contributed by atoms with Crippen molar-refractivity contribution in [1.82, 2.24) is 9.36 Å². The van der Waals surface area contributed by atoms with Crippen molar-refractivity contribution in [2.75, 3.05) is 6.61 Å². The van der Waals surface area contributed by atoms with Crippen molar-refractivity contribution < 1.29 is 18.3 Å². The highest BCUT2D eigenvalue weighted by Gasteiger charge is 2.18. The van der Waals surface area contributed by atoms with Crippen molar-refractivity contribution >= 4 is 35.2 Å². The second-order valence-corrected chi connectivity index (χ2v) is 6.82. The molecule has 0 aliphatic carbocycles. The first kappa shape index (κ1) is 17.0. The summed E-state index contributed by atoms with van der Waals surface area (Å²) in [5.41, 5.74) is -0.448. The molecule has 9 heteroatoms. The van der Waals surface area contributed by atoms with Gasteiger partial charge in [0, 0.05) is 19.2 Å². The van der Waals surface area contributed by atoms with E-state index in [0.29, 0.717) is 14.8 Å². The second-order valence-electron chi connectivity index (χ2n) is 5.22. The van der Waals surface area contributed by atoms with E-state index in [2.05, 4.69) is 4.99 Å². The van der Waals surface area contributed by atoms with E-state index in [0.717, 1.165) is 32.0 Å². The van der Waals surface area contributed by atoms with Crippen LogP contribution in [0.3, 0.4) is 0 Å². The van der Waals surface area contributed by atoms with Gasteiger partial charge < -0.3 is 4.74 Å². The van der Waals surface area contributed by atoms with Gasteiger partial charge >= 0.3 is 5.97 Å². The number of aromatic nitrogens is 2. The van der Waals surface area contributed by atoms with Crippen LogP contribution in [-0.2, 0) is 17.8 Å². The van der Waals surface area contributed by atoms with E-state index in [4.69, 9.17) is 17.0 Å². The lowest BCUT2D eigenvalue weighted by Crippen LogP contribution is -2.27. The summed E-state index contributed by atoms with van der Waals surface area (Å²) < 4.78 is 37.2. The molecule has 0 amide bonds. The first-order chi connectivity index (χ1) is 11.5. The van der Waals surface area contributed by atoms with Gasteiger partial charge in [0.2, 0.25) is 4.80 Å². The number of esters is 1. The van der Waals surface area contributed by atoms with Crippen molar-refractivity contribution in [3.63, 3.8) is 0 Å². The molecule has 2 aromatic rings. The minimum absolute atomic E-state index is 0.104. The Morgan fingerprint density at radius 1 is 1.29 bits per heavy atom. The van der Waals surface area contributed by atoms with Crippen molar-refractivity contribution in [3.8, 4) is 0 Å². The third-order valence-corrected chi connectivity index (χ3v) is 4.97. The zero-order chi connectivity index (χ0) is 17.3. The summed E-state index contributed by atoms with van der Waals surface area (Å²) >= 11 is 6.56. The van der Waals surface area contributed by atoms with Crippen molar-refractivity contribution in [3.05, 3.63) is 38.1 Å². The summed E-state index contributed by atoms with van der Waals surface area (Å²) in [4.78, 5) is 16.6. The maximum atomic E-state index is 14.1. The predicted octanol–water partition coefficient (Wildman–Crippen LogP) is 3.56. The fourth-order valence-electron chi connectivity index (χ4n) is 2.51. The maximum Gasteiger partial charge on any atom is 0.341 e. The van der Waals surface area contributed by atoms with E-state index in [1.54, 1.807) is 6.92 Å². The van der Waals surface area contributed by atoms with Crippen molar-refractivity contribution in [2.24, 2.45) is 4.99 Å². The molecule has 1 aliphatic heterocycles. The predicted molar refractivity (Wildman–Crippen MR) is 87.9 cm³/mol. The Balaban J connectivity index is 2.12. The van der Waals surface area contributed by atoms with Crippen LogP contribution in [0.15, 0.2) is 17.1 Å². The highest BCUT2D eigenvalue weighted by Crippen LogP contribution is 2.23. The van der Waals surface area contributed by atoms with Gasteiger partial charge in [0.15, 0.2) is 9.77 Å². The number of fused-ring (bicyclic) bond motifs is 1. The minimum Gasteiger partial charge on any atom is -0.462 e. The fraction of sp³-hybridized carbons (Fsp3) is 0.400. The SMILES string of the molecule is CCOC(=O)c1cc(N=c2sc(=S)n3n2CCCC3)c(F)cc1F. The molecule has 0 atom stereocenters. The van der Waals surface area contributed by atoms with Gasteiger partial charge in [0.1, 0.15) is 11.5 Å². The zero-order valence-corrected chi connectivity index (χ0v) is 14.6. The van der Waals surface area contributed by atoms with Crippen LogP contribution in [0.5, 0.6) is 0 Å². The Kier molecular flexibility index (Phi) is 4.91. The molecule has 0 radical (unpaired) electrons. The molecular formula is C15H15F2N3O2S2. The third-order valence-electron chi connectivity index (χ3n) is 3.64. The van der Waals surface area contributed by atoms with Crippen LogP contribution in [0.4, 0.5) is 14.5 Å². The van der Waals surface area contributed by atoms with Gasteiger partial charge in [-0.3, -0.25) is 9.36 Å². The Morgan fingerprint density at radius 2 is 2.00 bits per heavy atom. The Morgan fingerprint density at radius 3 is 2.71 bits per heavy atom. The number of hydrogen-bond acceptors (Lipinski definition) is 5. The Hall–Kier alpha value is -1.87. The number of carbonyl (C=O) groups excluding carboxylic acids is 1. The fourth-order valence-corrected chi connectivity index (χ4v) is 3.81. The van der Waals surface area contributed by atoms with E-state index >= 15 is 0 Å². The number of rotatable bonds is 3. The van der Waals surface area contributed by atoms with Crippen LogP contribution in [-0.4, -0.2) is 21.9 Å². The topological polar surface area (TPSA) is 48.5 Å². The van der Waals surface area contributed by atoms with Gasteiger partial charge in [-0.25, -0.2) is 18.6 Å². The molecule has 3 rings (SSSR count). The van der Waals surface area contributed by atoms with Crippen LogP contribution in [0.1, 0.15) is 30.1 Å². The number of carbonyl (C=O) groups is 1. The molecule has 128 valence electrons. The van der Waals surface area contributed by atoms with E-state index in [1.165, 1.54) is 11.3 Å². The quantitative estimate of drug-likeness (QED) is 0.612. The molecule has 0 bridgehead atoms.